The fourth-order valence-corrected chi connectivity index (χ4v) is 4.81. The summed E-state index contributed by atoms with van der Waals surface area (Å²) in [5, 5.41) is 0. The van der Waals surface area contributed by atoms with Crippen LogP contribution in [0.2, 0.25) is 0 Å². The summed E-state index contributed by atoms with van der Waals surface area (Å²) in [6.07, 6.45) is 4.13. The van der Waals surface area contributed by atoms with Gasteiger partial charge in [0.2, 0.25) is 0 Å². The van der Waals surface area contributed by atoms with Gasteiger partial charge >= 0.3 is 7.82 Å². The van der Waals surface area contributed by atoms with Gasteiger partial charge < -0.3 is 23.9 Å². The Kier molecular flexibility index (Phi) is 8.73. The van der Waals surface area contributed by atoms with Crippen molar-refractivity contribution in [3.05, 3.63) is 0 Å². The first-order valence-corrected chi connectivity index (χ1v) is 11.9. The van der Waals surface area contributed by atoms with E-state index in [0.717, 1.165) is 25.7 Å². The zero-order chi connectivity index (χ0) is 16.8. The average Bonchev–Trinajstić information content (AvgIpc) is 2.72. The highest BCUT2D eigenvalue weighted by molar-refractivity contribution is 8.09. The summed E-state index contributed by atoms with van der Waals surface area (Å²) in [6.45, 7) is -0.933. The van der Waals surface area contributed by atoms with Crippen molar-refractivity contribution in [1.29, 1.82) is 0 Å². The number of phosphoric ester groups is 1. The number of phosphoric acid groups is 1. The van der Waals surface area contributed by atoms with Crippen molar-refractivity contribution in [2.75, 3.05) is 12.8 Å². The Morgan fingerprint density at radius 3 is 2.59 bits per heavy atom. The van der Waals surface area contributed by atoms with Gasteiger partial charge in [0.1, 0.15) is 7.85 Å². The predicted octanol–water partition coefficient (Wildman–Crippen LogP) is 1.11. The third-order valence-electron chi connectivity index (χ3n) is 3.45. The molecule has 3 N–H and O–H groups in total. The van der Waals surface area contributed by atoms with Gasteiger partial charge in [0.15, 0.2) is 6.49 Å². The molecule has 1 aliphatic heterocycles. The van der Waals surface area contributed by atoms with Crippen LogP contribution in [0.15, 0.2) is 0 Å². The minimum absolute atomic E-state index is 0.209. The van der Waals surface area contributed by atoms with E-state index >= 15 is 0 Å². The Balaban J connectivity index is 2.38. The van der Waals surface area contributed by atoms with Gasteiger partial charge in [-0.2, -0.15) is 0 Å². The van der Waals surface area contributed by atoms with Crippen LogP contribution in [-0.2, 0) is 30.2 Å². The van der Waals surface area contributed by atoms with Crippen LogP contribution in [0.5, 0.6) is 0 Å². The minimum Gasteiger partial charge on any atom is -0.379 e. The van der Waals surface area contributed by atoms with E-state index in [1.165, 1.54) is 0 Å². The molecule has 1 saturated heterocycles. The summed E-state index contributed by atoms with van der Waals surface area (Å²) in [7, 11) is -2.72. The van der Waals surface area contributed by atoms with Crippen LogP contribution in [0.1, 0.15) is 39.0 Å². The number of ether oxygens (including phenoxy) is 1. The summed E-state index contributed by atoms with van der Waals surface area (Å²) in [6, 6.07) is -0.296. The monoisotopic (exact) mass is 374 g/mol. The highest BCUT2D eigenvalue weighted by atomic mass is 32.5. The van der Waals surface area contributed by atoms with E-state index in [0.29, 0.717) is 12.6 Å². The SMILES string of the molecule is B[C@@H]1O[C@H](COP(=O)(O)O)C[C@H]1OP(O)(=S)CCCCCC. The lowest BCUT2D eigenvalue weighted by molar-refractivity contribution is 0.0318. The van der Waals surface area contributed by atoms with E-state index in [2.05, 4.69) is 11.4 Å². The van der Waals surface area contributed by atoms with E-state index in [-0.39, 0.29) is 18.7 Å². The van der Waals surface area contributed by atoms with Gasteiger partial charge in [-0.05, 0) is 18.2 Å². The van der Waals surface area contributed by atoms with E-state index < -0.39 is 20.4 Å². The molecule has 7 nitrogen and oxygen atoms in total. The zero-order valence-electron chi connectivity index (χ0n) is 13.0. The van der Waals surface area contributed by atoms with Crippen molar-refractivity contribution in [1.82, 2.24) is 0 Å². The Morgan fingerprint density at radius 1 is 1.32 bits per heavy atom. The molecule has 1 heterocycles. The molecule has 0 aromatic heterocycles. The van der Waals surface area contributed by atoms with Gasteiger partial charge in [-0.15, -0.1) is 0 Å². The van der Waals surface area contributed by atoms with Crippen LogP contribution in [0, 0.1) is 0 Å². The number of unbranched alkanes of at least 4 members (excludes halogenated alkanes) is 3. The molecular weight excluding hydrogens is 349 g/mol. The standard InChI is InChI=1S/C11H25BO7P2S/c1-2-3-4-5-6-20(13,22)19-10-7-9(18-11(10)12)8-17-21(14,15)16/h9-11H,2-8,12H2,1H3,(H,13,22)(H2,14,15,16)/t9-,10+,11+,20?/m0/s1. The molecule has 0 bridgehead atoms. The van der Waals surface area contributed by atoms with Crippen LogP contribution in [0.4, 0.5) is 0 Å². The second kappa shape index (κ2) is 9.26. The molecule has 1 unspecified atom stereocenters. The molecule has 4 atom stereocenters. The van der Waals surface area contributed by atoms with Crippen LogP contribution in [0.3, 0.4) is 0 Å². The maximum atomic E-state index is 10.7. The van der Waals surface area contributed by atoms with Crippen LogP contribution in [0.25, 0.3) is 0 Å². The second-order valence-electron chi connectivity index (χ2n) is 5.55. The summed E-state index contributed by atoms with van der Waals surface area (Å²) in [5.41, 5.74) is 0. The number of rotatable bonds is 10. The third kappa shape index (κ3) is 8.53. The Morgan fingerprint density at radius 2 is 2.00 bits per heavy atom. The van der Waals surface area contributed by atoms with Crippen LogP contribution in [-0.4, -0.2) is 53.5 Å². The van der Waals surface area contributed by atoms with Crippen molar-refractivity contribution in [3.8, 4) is 0 Å². The minimum atomic E-state index is -4.50. The molecule has 0 aromatic rings. The van der Waals surface area contributed by atoms with E-state index in [9.17, 15) is 9.46 Å². The normalized spacial score (nSPS) is 28.6. The molecule has 0 aliphatic carbocycles. The smallest absolute Gasteiger partial charge is 0.379 e. The van der Waals surface area contributed by atoms with Crippen molar-refractivity contribution in [3.63, 3.8) is 0 Å². The molecule has 11 heteroatoms. The molecule has 1 aliphatic rings. The molecule has 0 spiro atoms. The van der Waals surface area contributed by atoms with E-state index in [1.807, 2.05) is 0 Å². The summed E-state index contributed by atoms with van der Waals surface area (Å²) in [5.74, 6) is 0. The molecule has 1 rings (SSSR count). The van der Waals surface area contributed by atoms with E-state index in [4.69, 9.17) is 30.9 Å². The van der Waals surface area contributed by atoms with Gasteiger partial charge in [-0.25, -0.2) is 4.57 Å². The Hall–Kier alpha value is 0.705. The first-order chi connectivity index (χ1) is 10.1. The quantitative estimate of drug-likeness (QED) is 0.297. The fourth-order valence-electron chi connectivity index (χ4n) is 2.32. The number of hydrogen-bond donors (Lipinski definition) is 3. The molecule has 1 fully saturated rings. The maximum absolute atomic E-state index is 10.7. The van der Waals surface area contributed by atoms with Gasteiger partial charge in [0.05, 0.1) is 24.8 Å². The van der Waals surface area contributed by atoms with E-state index in [1.54, 1.807) is 7.85 Å². The zero-order valence-corrected chi connectivity index (χ0v) is 15.6. The van der Waals surface area contributed by atoms with Crippen LogP contribution >= 0.6 is 14.3 Å². The summed E-state index contributed by atoms with van der Waals surface area (Å²) < 4.78 is 26.3. The topological polar surface area (TPSA) is 105 Å². The molecule has 130 valence electrons. The summed E-state index contributed by atoms with van der Waals surface area (Å²) >= 11 is 5.18. The van der Waals surface area contributed by atoms with Gasteiger partial charge in [-0.3, -0.25) is 4.52 Å². The average molecular weight is 374 g/mol. The molecule has 0 radical (unpaired) electrons. The van der Waals surface area contributed by atoms with Crippen molar-refractivity contribution in [2.24, 2.45) is 0 Å². The van der Waals surface area contributed by atoms with Gasteiger partial charge in [0.25, 0.3) is 0 Å². The van der Waals surface area contributed by atoms with Gasteiger partial charge in [-0.1, -0.05) is 26.2 Å². The molecule has 0 aromatic carbocycles. The highest BCUT2D eigenvalue weighted by Gasteiger charge is 2.36. The van der Waals surface area contributed by atoms with Crippen molar-refractivity contribution in [2.45, 2.75) is 57.2 Å². The highest BCUT2D eigenvalue weighted by Crippen LogP contribution is 2.47. The molecule has 22 heavy (non-hydrogen) atoms. The first kappa shape index (κ1) is 20.7. The maximum Gasteiger partial charge on any atom is 0.469 e. The largest absolute Gasteiger partial charge is 0.469 e. The Labute approximate surface area is 137 Å². The lowest BCUT2D eigenvalue weighted by Crippen LogP contribution is -2.23. The predicted molar refractivity (Wildman–Crippen MR) is 90.2 cm³/mol. The first-order valence-electron chi connectivity index (χ1n) is 7.48. The molecule has 0 saturated carbocycles. The van der Waals surface area contributed by atoms with Crippen molar-refractivity contribution < 1.29 is 33.0 Å². The second-order valence-corrected chi connectivity index (χ2v) is 10.4. The molecule has 0 amide bonds. The third-order valence-corrected chi connectivity index (χ3v) is 6.22. The van der Waals surface area contributed by atoms with Crippen LogP contribution < -0.4 is 0 Å². The molecular formula is C11H25BO7P2S. The fraction of sp³-hybridized carbons (Fsp3) is 1.00. The number of hydrogen-bond acceptors (Lipinski definition) is 5. The Bertz CT molecular complexity index is 433. The lowest BCUT2D eigenvalue weighted by Gasteiger charge is -2.22. The lowest BCUT2D eigenvalue weighted by atomic mass is 9.95. The summed E-state index contributed by atoms with van der Waals surface area (Å²) in [4.78, 5) is 27.6. The van der Waals surface area contributed by atoms with Crippen molar-refractivity contribution >= 4 is 34.0 Å². The van der Waals surface area contributed by atoms with Gasteiger partial charge in [0, 0.05) is 12.6 Å².